The number of likely N-dealkylation sites (tertiary alicyclic amines) is 1. The predicted octanol–water partition coefficient (Wildman–Crippen LogP) is 2.59. The van der Waals surface area contributed by atoms with Gasteiger partial charge in [0.1, 0.15) is 5.69 Å². The number of rotatable bonds is 3. The molecule has 0 aromatic carbocycles. The number of imidazole rings is 1. The molecule has 0 aliphatic carbocycles. The molecule has 1 saturated heterocycles. The zero-order valence-corrected chi connectivity index (χ0v) is 14.6. The molecule has 4 rings (SSSR count). The van der Waals surface area contributed by atoms with Crippen LogP contribution in [0, 0.1) is 6.92 Å². The number of aromatic nitrogens is 5. The highest BCUT2D eigenvalue weighted by molar-refractivity contribution is 5.94. The van der Waals surface area contributed by atoms with Gasteiger partial charge >= 0.3 is 0 Å². The summed E-state index contributed by atoms with van der Waals surface area (Å²) in [7, 11) is 0. The van der Waals surface area contributed by atoms with E-state index in [0.717, 1.165) is 42.3 Å². The first-order valence-corrected chi connectivity index (χ1v) is 8.74. The summed E-state index contributed by atoms with van der Waals surface area (Å²) >= 11 is 0. The molecule has 3 aromatic heterocycles. The molecule has 1 fully saturated rings. The van der Waals surface area contributed by atoms with Crippen LogP contribution in [0.15, 0.2) is 43.1 Å². The molecule has 1 N–H and O–H groups in total. The van der Waals surface area contributed by atoms with Gasteiger partial charge in [-0.1, -0.05) is 0 Å². The van der Waals surface area contributed by atoms with Crippen molar-refractivity contribution in [3.63, 3.8) is 0 Å². The fourth-order valence-corrected chi connectivity index (χ4v) is 3.42. The third-order valence-electron chi connectivity index (χ3n) is 4.68. The van der Waals surface area contributed by atoms with Crippen LogP contribution >= 0.6 is 0 Å². The molecule has 1 unspecified atom stereocenters. The van der Waals surface area contributed by atoms with Gasteiger partial charge in [-0.15, -0.1) is 0 Å². The monoisotopic (exact) mass is 348 g/mol. The molecule has 3 aromatic rings. The maximum atomic E-state index is 12.8. The number of nitrogens with one attached hydrogen (secondary N) is 1. The number of aryl methyl sites for hydroxylation is 1. The van der Waals surface area contributed by atoms with Gasteiger partial charge in [0.2, 0.25) is 0 Å². The van der Waals surface area contributed by atoms with Gasteiger partial charge in [0.15, 0.2) is 5.82 Å². The van der Waals surface area contributed by atoms with Gasteiger partial charge in [-0.2, -0.15) is 0 Å². The second kappa shape index (κ2) is 7.03. The Morgan fingerprint density at radius 1 is 1.15 bits per heavy atom. The zero-order chi connectivity index (χ0) is 17.9. The molecule has 1 amide bonds. The van der Waals surface area contributed by atoms with E-state index in [1.165, 1.54) is 0 Å². The van der Waals surface area contributed by atoms with Crippen LogP contribution in [0.3, 0.4) is 0 Å². The van der Waals surface area contributed by atoms with Gasteiger partial charge in [0.25, 0.3) is 5.91 Å². The molecular formula is C19H20N6O. The van der Waals surface area contributed by atoms with Gasteiger partial charge in [-0.05, 0) is 31.9 Å². The topological polar surface area (TPSA) is 87.7 Å². The highest BCUT2D eigenvalue weighted by atomic mass is 16.2. The number of aromatic amines is 1. The summed E-state index contributed by atoms with van der Waals surface area (Å²) < 4.78 is 0. The average Bonchev–Trinajstić information content (AvgIpc) is 3.14. The number of hydrogen-bond donors (Lipinski definition) is 1. The minimum Gasteiger partial charge on any atom is -0.341 e. The lowest BCUT2D eigenvalue weighted by atomic mass is 9.92. The maximum absolute atomic E-state index is 12.8. The molecule has 0 spiro atoms. The molecule has 1 aliphatic heterocycles. The number of carbonyl (C=O) groups is 1. The molecule has 1 aliphatic rings. The minimum atomic E-state index is 0.0383. The number of piperidine rings is 1. The van der Waals surface area contributed by atoms with Crippen molar-refractivity contribution in [2.24, 2.45) is 0 Å². The summed E-state index contributed by atoms with van der Waals surface area (Å²) in [6, 6.07) is 3.51. The van der Waals surface area contributed by atoms with Crippen LogP contribution in [0.1, 0.15) is 40.5 Å². The van der Waals surface area contributed by atoms with E-state index in [1.807, 2.05) is 11.8 Å². The van der Waals surface area contributed by atoms with E-state index in [-0.39, 0.29) is 11.8 Å². The van der Waals surface area contributed by atoms with Crippen LogP contribution in [0.25, 0.3) is 11.5 Å². The number of carbonyl (C=O) groups excluding carboxylic acids is 1. The van der Waals surface area contributed by atoms with Gasteiger partial charge in [0.05, 0.1) is 5.69 Å². The Bertz CT molecular complexity index is 907. The number of pyridine rings is 1. The van der Waals surface area contributed by atoms with E-state index in [4.69, 9.17) is 0 Å². The van der Waals surface area contributed by atoms with Gasteiger partial charge < -0.3 is 9.88 Å². The van der Waals surface area contributed by atoms with Crippen LogP contribution in [0.5, 0.6) is 0 Å². The van der Waals surface area contributed by atoms with Crippen LogP contribution in [0.2, 0.25) is 0 Å². The van der Waals surface area contributed by atoms with Crippen molar-refractivity contribution in [2.75, 3.05) is 13.1 Å². The number of amides is 1. The summed E-state index contributed by atoms with van der Waals surface area (Å²) in [6.07, 6.45) is 10.4. The first-order chi connectivity index (χ1) is 12.7. The van der Waals surface area contributed by atoms with Crippen LogP contribution in [-0.2, 0) is 0 Å². The van der Waals surface area contributed by atoms with Crippen molar-refractivity contribution in [1.29, 1.82) is 0 Å². The fourth-order valence-electron chi connectivity index (χ4n) is 3.42. The SMILES string of the molecule is Cc1cnc(-c2nccnc2C2CCCN(C(=O)c3ccncc3)C2)[nH]1. The molecule has 4 heterocycles. The normalized spacial score (nSPS) is 17.3. The lowest BCUT2D eigenvalue weighted by Crippen LogP contribution is -2.39. The average molecular weight is 348 g/mol. The molecule has 132 valence electrons. The Morgan fingerprint density at radius 3 is 2.73 bits per heavy atom. The molecular weight excluding hydrogens is 328 g/mol. The number of nitrogens with zero attached hydrogens (tertiary/aromatic N) is 5. The zero-order valence-electron chi connectivity index (χ0n) is 14.6. The molecule has 7 nitrogen and oxygen atoms in total. The summed E-state index contributed by atoms with van der Waals surface area (Å²) in [5, 5.41) is 0. The molecule has 0 radical (unpaired) electrons. The molecule has 7 heteroatoms. The van der Waals surface area contributed by atoms with Crippen molar-refractivity contribution in [3.05, 3.63) is 60.1 Å². The molecule has 0 saturated carbocycles. The first-order valence-electron chi connectivity index (χ1n) is 8.74. The second-order valence-electron chi connectivity index (χ2n) is 6.53. The number of hydrogen-bond acceptors (Lipinski definition) is 5. The smallest absolute Gasteiger partial charge is 0.253 e. The Morgan fingerprint density at radius 2 is 1.96 bits per heavy atom. The summed E-state index contributed by atoms with van der Waals surface area (Å²) in [5.74, 6) is 0.906. The van der Waals surface area contributed by atoms with E-state index in [2.05, 4.69) is 24.9 Å². The van der Waals surface area contributed by atoms with Crippen molar-refractivity contribution in [3.8, 4) is 11.5 Å². The maximum Gasteiger partial charge on any atom is 0.253 e. The highest BCUT2D eigenvalue weighted by Gasteiger charge is 2.29. The standard InChI is InChI=1S/C19H20N6O/c1-13-11-23-18(24-13)17-16(21-8-9-22-17)15-3-2-10-25(12-15)19(26)14-4-6-20-7-5-14/h4-9,11,15H,2-3,10,12H2,1H3,(H,23,24). The molecule has 1 atom stereocenters. The van der Waals surface area contributed by atoms with E-state index in [1.54, 1.807) is 43.1 Å². The summed E-state index contributed by atoms with van der Waals surface area (Å²) in [5.41, 5.74) is 3.31. The highest BCUT2D eigenvalue weighted by Crippen LogP contribution is 2.31. The lowest BCUT2D eigenvalue weighted by Gasteiger charge is -2.33. The summed E-state index contributed by atoms with van der Waals surface area (Å²) in [6.45, 7) is 3.35. The first kappa shape index (κ1) is 16.4. The van der Waals surface area contributed by atoms with Crippen molar-refractivity contribution < 1.29 is 4.79 Å². The van der Waals surface area contributed by atoms with Crippen molar-refractivity contribution >= 4 is 5.91 Å². The lowest BCUT2D eigenvalue weighted by molar-refractivity contribution is 0.0706. The van der Waals surface area contributed by atoms with Gasteiger partial charge in [0, 0.05) is 61.2 Å². The third kappa shape index (κ3) is 3.20. The summed E-state index contributed by atoms with van der Waals surface area (Å²) in [4.78, 5) is 35.4. The van der Waals surface area contributed by atoms with E-state index in [0.29, 0.717) is 12.1 Å². The largest absolute Gasteiger partial charge is 0.341 e. The Kier molecular flexibility index (Phi) is 4.43. The fraction of sp³-hybridized carbons (Fsp3) is 0.316. The van der Waals surface area contributed by atoms with Crippen molar-refractivity contribution in [2.45, 2.75) is 25.7 Å². The second-order valence-corrected chi connectivity index (χ2v) is 6.53. The van der Waals surface area contributed by atoms with E-state index in [9.17, 15) is 4.79 Å². The van der Waals surface area contributed by atoms with Gasteiger partial charge in [-0.25, -0.2) is 9.97 Å². The predicted molar refractivity (Wildman–Crippen MR) is 96.5 cm³/mol. The Labute approximate surface area is 151 Å². The Hall–Kier alpha value is -3.09. The van der Waals surface area contributed by atoms with Crippen molar-refractivity contribution in [1.82, 2.24) is 29.8 Å². The van der Waals surface area contributed by atoms with Crippen LogP contribution in [-0.4, -0.2) is 48.8 Å². The Balaban J connectivity index is 1.60. The van der Waals surface area contributed by atoms with Crippen LogP contribution in [0.4, 0.5) is 0 Å². The van der Waals surface area contributed by atoms with Gasteiger partial charge in [-0.3, -0.25) is 14.8 Å². The number of H-pyrrole nitrogens is 1. The van der Waals surface area contributed by atoms with Crippen LogP contribution < -0.4 is 0 Å². The van der Waals surface area contributed by atoms with E-state index >= 15 is 0 Å². The van der Waals surface area contributed by atoms with E-state index < -0.39 is 0 Å². The molecule has 0 bridgehead atoms. The third-order valence-corrected chi connectivity index (χ3v) is 4.68. The quantitative estimate of drug-likeness (QED) is 0.786. The molecule has 26 heavy (non-hydrogen) atoms. The minimum absolute atomic E-state index is 0.0383.